The number of nitrogens with zero attached hydrogens (tertiary/aromatic N) is 4. The number of anilines is 2. The molecule has 27 heavy (non-hydrogen) atoms. The molecule has 8 nitrogen and oxygen atoms in total. The predicted octanol–water partition coefficient (Wildman–Crippen LogP) is 1.90. The lowest BCUT2D eigenvalue weighted by molar-refractivity contribution is -0.117. The molecule has 1 saturated carbocycles. The van der Waals surface area contributed by atoms with Gasteiger partial charge >= 0.3 is 0 Å². The summed E-state index contributed by atoms with van der Waals surface area (Å²) < 4.78 is 0. The first kappa shape index (κ1) is 17.4. The Bertz CT molecular complexity index is 883. The number of rotatable bonds is 4. The molecular weight excluding hydrogens is 344 g/mol. The quantitative estimate of drug-likeness (QED) is 0.854. The van der Waals surface area contributed by atoms with Gasteiger partial charge in [0.1, 0.15) is 5.69 Å². The number of primary amides is 1. The van der Waals surface area contributed by atoms with E-state index in [9.17, 15) is 9.59 Å². The summed E-state index contributed by atoms with van der Waals surface area (Å²) in [6.45, 7) is 3.69. The molecule has 3 atom stereocenters. The van der Waals surface area contributed by atoms with Gasteiger partial charge in [-0.1, -0.05) is 6.92 Å². The monoisotopic (exact) mass is 366 g/mol. The molecule has 4 rings (SSSR count). The zero-order chi connectivity index (χ0) is 19.1. The SMILES string of the molecule is CC(=O)N1c2cnc(C(N)=O)cc2C(Nc2ncccn2)[C@@H](C)C1C1CC1. The van der Waals surface area contributed by atoms with Crippen LogP contribution in [-0.2, 0) is 4.79 Å². The lowest BCUT2D eigenvalue weighted by Gasteiger charge is -2.45. The first-order valence-corrected chi connectivity index (χ1v) is 9.10. The van der Waals surface area contributed by atoms with Gasteiger partial charge in [-0.2, -0.15) is 0 Å². The van der Waals surface area contributed by atoms with Crippen LogP contribution in [0.3, 0.4) is 0 Å². The van der Waals surface area contributed by atoms with Crippen molar-refractivity contribution >= 4 is 23.5 Å². The molecule has 2 aromatic heterocycles. The topological polar surface area (TPSA) is 114 Å². The number of fused-ring (bicyclic) bond motifs is 1. The van der Waals surface area contributed by atoms with Gasteiger partial charge in [-0.15, -0.1) is 0 Å². The Kier molecular flexibility index (Phi) is 4.25. The van der Waals surface area contributed by atoms with Crippen molar-refractivity contribution in [2.24, 2.45) is 17.6 Å². The predicted molar refractivity (Wildman–Crippen MR) is 100.0 cm³/mol. The van der Waals surface area contributed by atoms with Gasteiger partial charge in [-0.05, 0) is 30.9 Å². The van der Waals surface area contributed by atoms with E-state index in [1.807, 2.05) is 4.90 Å². The first-order chi connectivity index (χ1) is 13.0. The molecule has 3 N–H and O–H groups in total. The molecule has 0 radical (unpaired) electrons. The largest absolute Gasteiger partial charge is 0.364 e. The Morgan fingerprint density at radius 1 is 1.22 bits per heavy atom. The van der Waals surface area contributed by atoms with Crippen LogP contribution in [0.15, 0.2) is 30.7 Å². The van der Waals surface area contributed by atoms with Gasteiger partial charge in [0.05, 0.1) is 17.9 Å². The molecular formula is C19H22N6O2. The molecule has 2 aliphatic rings. The second-order valence-corrected chi connectivity index (χ2v) is 7.26. The third-order valence-corrected chi connectivity index (χ3v) is 5.42. The number of hydrogen-bond donors (Lipinski definition) is 2. The van der Waals surface area contributed by atoms with Crippen LogP contribution in [0.5, 0.6) is 0 Å². The van der Waals surface area contributed by atoms with E-state index in [0.29, 0.717) is 11.9 Å². The summed E-state index contributed by atoms with van der Waals surface area (Å²) in [5.41, 5.74) is 7.14. The lowest BCUT2D eigenvalue weighted by Crippen LogP contribution is -2.51. The van der Waals surface area contributed by atoms with Gasteiger partial charge in [-0.25, -0.2) is 15.0 Å². The van der Waals surface area contributed by atoms with Crippen LogP contribution in [0.4, 0.5) is 11.6 Å². The lowest BCUT2D eigenvalue weighted by atomic mass is 9.80. The van der Waals surface area contributed by atoms with Crippen molar-refractivity contribution in [2.75, 3.05) is 10.2 Å². The highest BCUT2D eigenvalue weighted by Crippen LogP contribution is 2.49. The number of pyridine rings is 1. The minimum atomic E-state index is -0.598. The Hall–Kier alpha value is -3.03. The number of amides is 2. The van der Waals surface area contributed by atoms with Crippen LogP contribution < -0.4 is 16.0 Å². The minimum absolute atomic E-state index is 0.0250. The highest BCUT2D eigenvalue weighted by atomic mass is 16.2. The fourth-order valence-corrected chi connectivity index (χ4v) is 4.10. The average Bonchev–Trinajstić information content (AvgIpc) is 3.48. The fourth-order valence-electron chi connectivity index (χ4n) is 4.10. The number of carbonyl (C=O) groups is 2. The summed E-state index contributed by atoms with van der Waals surface area (Å²) in [4.78, 5) is 38.7. The van der Waals surface area contributed by atoms with Crippen LogP contribution in [0.25, 0.3) is 0 Å². The molecule has 2 amide bonds. The molecule has 2 aromatic rings. The van der Waals surface area contributed by atoms with Crippen molar-refractivity contribution in [3.63, 3.8) is 0 Å². The highest BCUT2D eigenvalue weighted by Gasteiger charge is 2.48. The van der Waals surface area contributed by atoms with Gasteiger partial charge < -0.3 is 16.0 Å². The Balaban J connectivity index is 1.84. The summed E-state index contributed by atoms with van der Waals surface area (Å²) in [6.07, 6.45) is 7.14. The third-order valence-electron chi connectivity index (χ3n) is 5.42. The van der Waals surface area contributed by atoms with Crippen molar-refractivity contribution in [2.45, 2.75) is 38.8 Å². The van der Waals surface area contributed by atoms with E-state index < -0.39 is 5.91 Å². The van der Waals surface area contributed by atoms with E-state index in [1.165, 1.54) is 0 Å². The number of carbonyl (C=O) groups excluding carboxylic acids is 2. The van der Waals surface area contributed by atoms with Gasteiger partial charge in [0.15, 0.2) is 0 Å². The van der Waals surface area contributed by atoms with E-state index >= 15 is 0 Å². The number of aromatic nitrogens is 3. The van der Waals surface area contributed by atoms with E-state index in [4.69, 9.17) is 5.73 Å². The van der Waals surface area contributed by atoms with Crippen molar-refractivity contribution in [3.05, 3.63) is 42.0 Å². The minimum Gasteiger partial charge on any atom is -0.364 e. The maximum absolute atomic E-state index is 12.5. The van der Waals surface area contributed by atoms with E-state index in [0.717, 1.165) is 24.1 Å². The number of hydrogen-bond acceptors (Lipinski definition) is 6. The van der Waals surface area contributed by atoms with Crippen molar-refractivity contribution in [1.82, 2.24) is 15.0 Å². The molecule has 0 spiro atoms. The Labute approximate surface area is 157 Å². The molecule has 1 aliphatic carbocycles. The zero-order valence-corrected chi connectivity index (χ0v) is 15.3. The molecule has 140 valence electrons. The fraction of sp³-hybridized carbons (Fsp3) is 0.421. The van der Waals surface area contributed by atoms with Crippen LogP contribution in [0, 0.1) is 11.8 Å². The second-order valence-electron chi connectivity index (χ2n) is 7.26. The van der Waals surface area contributed by atoms with Crippen LogP contribution in [-0.4, -0.2) is 32.8 Å². The normalized spacial score (nSPS) is 24.2. The first-order valence-electron chi connectivity index (χ1n) is 9.10. The number of nitrogens with two attached hydrogens (primary N) is 1. The average molecular weight is 366 g/mol. The van der Waals surface area contributed by atoms with Crippen molar-refractivity contribution in [1.29, 1.82) is 0 Å². The zero-order valence-electron chi connectivity index (χ0n) is 15.3. The maximum Gasteiger partial charge on any atom is 0.267 e. The van der Waals surface area contributed by atoms with Gasteiger partial charge in [0, 0.05) is 36.8 Å². The van der Waals surface area contributed by atoms with Crippen LogP contribution >= 0.6 is 0 Å². The van der Waals surface area contributed by atoms with E-state index in [-0.39, 0.29) is 29.6 Å². The van der Waals surface area contributed by atoms with Crippen LogP contribution in [0.2, 0.25) is 0 Å². The van der Waals surface area contributed by atoms with Gasteiger partial charge in [-0.3, -0.25) is 9.59 Å². The maximum atomic E-state index is 12.5. The molecule has 8 heteroatoms. The summed E-state index contributed by atoms with van der Waals surface area (Å²) in [5.74, 6) is 0.445. The van der Waals surface area contributed by atoms with Crippen molar-refractivity contribution in [3.8, 4) is 0 Å². The third kappa shape index (κ3) is 3.11. The Morgan fingerprint density at radius 3 is 2.52 bits per heavy atom. The molecule has 1 fully saturated rings. The Morgan fingerprint density at radius 2 is 1.93 bits per heavy atom. The number of nitrogens with one attached hydrogen (secondary N) is 1. The smallest absolute Gasteiger partial charge is 0.267 e. The van der Waals surface area contributed by atoms with Gasteiger partial charge in [0.25, 0.3) is 5.91 Å². The van der Waals surface area contributed by atoms with Crippen LogP contribution in [0.1, 0.15) is 48.8 Å². The molecule has 0 bridgehead atoms. The summed E-state index contributed by atoms with van der Waals surface area (Å²) in [5, 5.41) is 3.38. The summed E-state index contributed by atoms with van der Waals surface area (Å²) >= 11 is 0. The van der Waals surface area contributed by atoms with Crippen molar-refractivity contribution < 1.29 is 9.59 Å². The molecule has 1 aliphatic heterocycles. The second kappa shape index (κ2) is 6.61. The van der Waals surface area contributed by atoms with Gasteiger partial charge in [0.2, 0.25) is 11.9 Å². The molecule has 0 saturated heterocycles. The summed E-state index contributed by atoms with van der Waals surface area (Å²) in [7, 11) is 0. The molecule has 0 aromatic carbocycles. The summed E-state index contributed by atoms with van der Waals surface area (Å²) in [6, 6.07) is 3.33. The van der Waals surface area contributed by atoms with E-state index in [1.54, 1.807) is 37.6 Å². The molecule has 2 unspecified atom stereocenters. The van der Waals surface area contributed by atoms with E-state index in [2.05, 4.69) is 27.2 Å². The standard InChI is InChI=1S/C19H22N6O2/c1-10-16(24-19-21-6-3-7-22-19)13-8-14(18(20)27)23-9-15(13)25(11(2)26)17(10)12-4-5-12/h3,6-10,12,16-17H,4-5H2,1-2H3,(H2,20,27)(H,21,22,24)/t10-,16?,17?/m1/s1. The highest BCUT2D eigenvalue weighted by molar-refractivity contribution is 5.96. The molecule has 3 heterocycles.